The quantitative estimate of drug-likeness (QED) is 0.654. The van der Waals surface area contributed by atoms with Gasteiger partial charge in [0.1, 0.15) is 11.0 Å². The van der Waals surface area contributed by atoms with Gasteiger partial charge in [-0.05, 0) is 19.9 Å². The van der Waals surface area contributed by atoms with Crippen molar-refractivity contribution in [3.63, 3.8) is 0 Å². The van der Waals surface area contributed by atoms with E-state index in [1.54, 1.807) is 10.9 Å². The Morgan fingerprint density at radius 3 is 2.59 bits per heavy atom. The minimum Gasteiger partial charge on any atom is -0.367 e. The van der Waals surface area contributed by atoms with E-state index in [0.717, 1.165) is 50.1 Å². The first-order valence-corrected chi connectivity index (χ1v) is 10.9. The summed E-state index contributed by atoms with van der Waals surface area (Å²) in [6.45, 7) is 3.93. The van der Waals surface area contributed by atoms with Gasteiger partial charge in [-0.2, -0.15) is 10.1 Å². The first-order valence-electron chi connectivity index (χ1n) is 9.28. The normalized spacial score (nSPS) is 19.0. The lowest BCUT2D eigenvalue weighted by molar-refractivity contribution is 0.311. The van der Waals surface area contributed by atoms with E-state index >= 15 is 0 Å². The van der Waals surface area contributed by atoms with Crippen molar-refractivity contribution in [1.29, 1.82) is 0 Å². The molecule has 2 N–H and O–H groups in total. The summed E-state index contributed by atoms with van der Waals surface area (Å²) < 4.78 is 28.6. The summed E-state index contributed by atoms with van der Waals surface area (Å²) in [5.74, 6) is 1.29. The molecule has 0 spiro atoms. The molecule has 11 heteroatoms. The molecule has 0 aromatic carbocycles. The number of piperazine rings is 1. The molecule has 2 aliphatic rings. The van der Waals surface area contributed by atoms with Gasteiger partial charge in [-0.25, -0.2) is 18.1 Å². The lowest BCUT2D eigenvalue weighted by atomic mass is 10.3. The van der Waals surface area contributed by atoms with Gasteiger partial charge in [0.05, 0.1) is 11.9 Å². The molecular weight excluding hydrogens is 368 g/mol. The van der Waals surface area contributed by atoms with Crippen LogP contribution in [0.2, 0.25) is 0 Å². The molecule has 0 radical (unpaired) electrons. The van der Waals surface area contributed by atoms with Gasteiger partial charge in [-0.1, -0.05) is 0 Å². The number of nitrogens with zero attached hydrogens (tertiary/aromatic N) is 6. The Morgan fingerprint density at radius 1 is 1.15 bits per heavy atom. The van der Waals surface area contributed by atoms with Crippen LogP contribution in [0.15, 0.2) is 6.20 Å². The number of likely N-dealkylation sites (N-methyl/N-ethyl adjacent to an activating group) is 1. The van der Waals surface area contributed by atoms with E-state index in [-0.39, 0.29) is 18.3 Å². The Kier molecular flexibility index (Phi) is 4.91. The van der Waals surface area contributed by atoms with Gasteiger partial charge in [0.15, 0.2) is 5.82 Å². The lowest BCUT2D eigenvalue weighted by Gasteiger charge is -2.32. The highest BCUT2D eigenvalue weighted by atomic mass is 32.2. The molecule has 2 fully saturated rings. The second kappa shape index (κ2) is 7.21. The van der Waals surface area contributed by atoms with Crippen LogP contribution in [-0.4, -0.2) is 84.6 Å². The Morgan fingerprint density at radius 2 is 1.89 bits per heavy atom. The fourth-order valence-electron chi connectivity index (χ4n) is 3.16. The molecule has 0 bridgehead atoms. The summed E-state index contributed by atoms with van der Waals surface area (Å²) in [5.41, 5.74) is 1.53. The molecule has 148 valence electrons. The largest absolute Gasteiger partial charge is 0.367 e. The predicted molar refractivity (Wildman–Crippen MR) is 104 cm³/mol. The van der Waals surface area contributed by atoms with Crippen LogP contribution in [0.4, 0.5) is 11.8 Å². The second-order valence-electron chi connectivity index (χ2n) is 7.30. The standard InChI is InChI=1S/C16H26N8O2S/c1-22-6-8-24(9-7-22)16-19-13-11-18-23(2)14(13)15(20-16)17-5-10-27(25,26)21-12-3-4-12/h11-12,21H,3-10H2,1-2H3,(H,17,19,20). The highest BCUT2D eigenvalue weighted by molar-refractivity contribution is 7.89. The molecule has 27 heavy (non-hydrogen) atoms. The van der Waals surface area contributed by atoms with Crippen molar-refractivity contribution in [2.75, 3.05) is 55.7 Å². The van der Waals surface area contributed by atoms with Crippen molar-refractivity contribution in [2.45, 2.75) is 18.9 Å². The number of anilines is 2. The fraction of sp³-hybridized carbons (Fsp3) is 0.688. The van der Waals surface area contributed by atoms with Crippen LogP contribution in [-0.2, 0) is 17.1 Å². The summed E-state index contributed by atoms with van der Waals surface area (Å²) in [4.78, 5) is 13.8. The molecule has 2 aromatic rings. The van der Waals surface area contributed by atoms with Crippen molar-refractivity contribution in [2.24, 2.45) is 7.05 Å². The highest BCUT2D eigenvalue weighted by Gasteiger charge is 2.26. The number of nitrogens with one attached hydrogen (secondary N) is 2. The summed E-state index contributed by atoms with van der Waals surface area (Å²) >= 11 is 0. The van der Waals surface area contributed by atoms with Gasteiger partial charge in [0, 0.05) is 45.8 Å². The average Bonchev–Trinajstić information content (AvgIpc) is 3.34. The second-order valence-corrected chi connectivity index (χ2v) is 9.18. The molecule has 0 amide bonds. The van der Waals surface area contributed by atoms with Gasteiger partial charge < -0.3 is 15.1 Å². The monoisotopic (exact) mass is 394 g/mol. The molecule has 3 heterocycles. The van der Waals surface area contributed by atoms with E-state index in [9.17, 15) is 8.42 Å². The molecule has 2 aromatic heterocycles. The van der Waals surface area contributed by atoms with Gasteiger partial charge in [0.25, 0.3) is 0 Å². The number of hydrogen-bond acceptors (Lipinski definition) is 8. The van der Waals surface area contributed by atoms with E-state index in [2.05, 4.69) is 42.0 Å². The first kappa shape index (κ1) is 18.4. The van der Waals surface area contributed by atoms with Crippen molar-refractivity contribution >= 4 is 32.8 Å². The summed E-state index contributed by atoms with van der Waals surface area (Å²) in [7, 11) is 0.664. The fourth-order valence-corrected chi connectivity index (χ4v) is 4.39. The Bertz CT molecular complexity index is 916. The maximum Gasteiger partial charge on any atom is 0.228 e. The summed E-state index contributed by atoms with van der Waals surface area (Å²) in [5, 5.41) is 7.46. The predicted octanol–water partition coefficient (Wildman–Crippen LogP) is -0.391. The van der Waals surface area contributed by atoms with Crippen LogP contribution in [0.25, 0.3) is 11.0 Å². The molecule has 4 rings (SSSR count). The van der Waals surface area contributed by atoms with Crippen LogP contribution in [0.3, 0.4) is 0 Å². The third-order valence-corrected chi connectivity index (χ3v) is 6.38. The molecule has 1 saturated heterocycles. The van der Waals surface area contributed by atoms with Crippen LogP contribution < -0.4 is 14.9 Å². The molecular formula is C16H26N8O2S. The van der Waals surface area contributed by atoms with Crippen molar-refractivity contribution in [1.82, 2.24) is 29.4 Å². The van der Waals surface area contributed by atoms with E-state index < -0.39 is 10.0 Å². The zero-order valence-corrected chi connectivity index (χ0v) is 16.5. The number of hydrogen-bond donors (Lipinski definition) is 2. The number of sulfonamides is 1. The Labute approximate surface area is 159 Å². The van der Waals surface area contributed by atoms with E-state index in [0.29, 0.717) is 11.8 Å². The van der Waals surface area contributed by atoms with Crippen molar-refractivity contribution in [3.05, 3.63) is 6.20 Å². The molecule has 1 saturated carbocycles. The van der Waals surface area contributed by atoms with Crippen molar-refractivity contribution < 1.29 is 8.42 Å². The molecule has 0 atom stereocenters. The van der Waals surface area contributed by atoms with Crippen LogP contribution in [0.1, 0.15) is 12.8 Å². The Balaban J connectivity index is 1.52. The van der Waals surface area contributed by atoms with Gasteiger partial charge in [0.2, 0.25) is 16.0 Å². The van der Waals surface area contributed by atoms with Gasteiger partial charge in [-0.15, -0.1) is 0 Å². The molecule has 1 aliphatic heterocycles. The van der Waals surface area contributed by atoms with E-state index in [4.69, 9.17) is 0 Å². The summed E-state index contributed by atoms with van der Waals surface area (Å²) in [6, 6.07) is 0.127. The van der Waals surface area contributed by atoms with Crippen LogP contribution in [0.5, 0.6) is 0 Å². The molecule has 1 aliphatic carbocycles. The minimum absolute atomic E-state index is 0.0106. The molecule has 0 unspecified atom stereocenters. The number of aryl methyl sites for hydroxylation is 1. The lowest BCUT2D eigenvalue weighted by Crippen LogP contribution is -2.45. The zero-order chi connectivity index (χ0) is 19.0. The van der Waals surface area contributed by atoms with E-state index in [1.807, 2.05) is 7.05 Å². The third-order valence-electron chi connectivity index (χ3n) is 4.95. The smallest absolute Gasteiger partial charge is 0.228 e. The maximum atomic E-state index is 12.1. The van der Waals surface area contributed by atoms with E-state index in [1.165, 1.54) is 0 Å². The maximum absolute atomic E-state index is 12.1. The molecule has 10 nitrogen and oxygen atoms in total. The minimum atomic E-state index is -3.27. The number of fused-ring (bicyclic) bond motifs is 1. The third kappa shape index (κ3) is 4.30. The zero-order valence-electron chi connectivity index (χ0n) is 15.7. The highest BCUT2D eigenvalue weighted by Crippen LogP contribution is 2.24. The SMILES string of the molecule is CN1CCN(c2nc(NCCS(=O)(=O)NC3CC3)c3c(cnn3C)n2)CC1. The van der Waals surface area contributed by atoms with Gasteiger partial charge >= 0.3 is 0 Å². The summed E-state index contributed by atoms with van der Waals surface area (Å²) in [6.07, 6.45) is 3.58. The van der Waals surface area contributed by atoms with Crippen molar-refractivity contribution in [3.8, 4) is 0 Å². The van der Waals surface area contributed by atoms with Gasteiger partial charge in [-0.3, -0.25) is 4.68 Å². The number of rotatable bonds is 7. The number of aromatic nitrogens is 4. The average molecular weight is 395 g/mol. The topological polar surface area (TPSA) is 108 Å². The van der Waals surface area contributed by atoms with Crippen LogP contribution in [0, 0.1) is 0 Å². The first-order chi connectivity index (χ1) is 12.9. The van der Waals surface area contributed by atoms with Crippen LogP contribution >= 0.6 is 0 Å². The Hall–Kier alpha value is -1.98.